The van der Waals surface area contributed by atoms with Gasteiger partial charge in [-0.15, -0.1) is 0 Å². The van der Waals surface area contributed by atoms with E-state index in [1.165, 1.54) is 82.2 Å². The van der Waals surface area contributed by atoms with Crippen molar-refractivity contribution < 1.29 is 0 Å². The highest BCUT2D eigenvalue weighted by molar-refractivity contribution is 6.23. The molecule has 50 heavy (non-hydrogen) atoms. The van der Waals surface area contributed by atoms with Gasteiger partial charge in [-0.3, -0.25) is 0 Å². The van der Waals surface area contributed by atoms with Crippen LogP contribution in [0.5, 0.6) is 0 Å². The van der Waals surface area contributed by atoms with Crippen molar-refractivity contribution in [2.75, 3.05) is 4.90 Å². The van der Waals surface area contributed by atoms with E-state index in [2.05, 4.69) is 195 Å². The lowest BCUT2D eigenvalue weighted by atomic mass is 9.82. The Morgan fingerprint density at radius 1 is 0.380 bits per heavy atom. The summed E-state index contributed by atoms with van der Waals surface area (Å²) in [4.78, 5) is 2.48. The molecule has 0 amide bonds. The molecule has 0 radical (unpaired) electrons. The van der Waals surface area contributed by atoms with Crippen LogP contribution in [0.2, 0.25) is 0 Å². The maximum absolute atomic E-state index is 2.48. The molecule has 0 fully saturated rings. The van der Waals surface area contributed by atoms with Crippen molar-refractivity contribution in [3.05, 3.63) is 187 Å². The molecular formula is C49H35N. The van der Waals surface area contributed by atoms with Crippen LogP contribution in [0.1, 0.15) is 25.0 Å². The van der Waals surface area contributed by atoms with Crippen LogP contribution >= 0.6 is 0 Å². The van der Waals surface area contributed by atoms with Crippen molar-refractivity contribution in [2.24, 2.45) is 0 Å². The second-order valence-electron chi connectivity index (χ2n) is 14.1. The molecule has 0 saturated carbocycles. The summed E-state index contributed by atoms with van der Waals surface area (Å²) >= 11 is 0. The van der Waals surface area contributed by atoms with Crippen molar-refractivity contribution in [3.8, 4) is 22.3 Å². The van der Waals surface area contributed by atoms with Gasteiger partial charge in [0.05, 0.1) is 5.69 Å². The fraction of sp³-hybridized carbons (Fsp3) is 0.0612. The number of hydrogen-bond acceptors (Lipinski definition) is 1. The monoisotopic (exact) mass is 637 g/mol. The molecule has 0 N–H and O–H groups in total. The Labute approximate surface area is 292 Å². The first kappa shape index (κ1) is 28.8. The molecule has 9 aromatic carbocycles. The van der Waals surface area contributed by atoms with Gasteiger partial charge in [0.15, 0.2) is 0 Å². The summed E-state index contributed by atoms with van der Waals surface area (Å²) in [6.07, 6.45) is 0. The van der Waals surface area contributed by atoms with Gasteiger partial charge >= 0.3 is 0 Å². The van der Waals surface area contributed by atoms with Gasteiger partial charge in [-0.1, -0.05) is 159 Å². The van der Waals surface area contributed by atoms with Crippen LogP contribution in [-0.2, 0) is 5.41 Å². The number of hydrogen-bond donors (Lipinski definition) is 0. The zero-order valence-corrected chi connectivity index (χ0v) is 28.2. The first-order valence-corrected chi connectivity index (χ1v) is 17.5. The molecule has 0 heterocycles. The summed E-state index contributed by atoms with van der Waals surface area (Å²) in [7, 11) is 0. The van der Waals surface area contributed by atoms with Crippen molar-refractivity contribution in [3.63, 3.8) is 0 Å². The maximum Gasteiger partial charge on any atom is 0.0546 e. The third-order valence-electron chi connectivity index (χ3n) is 11.0. The Bertz CT molecular complexity index is 2780. The molecule has 0 atom stereocenters. The highest BCUT2D eigenvalue weighted by Gasteiger charge is 2.35. The van der Waals surface area contributed by atoms with E-state index >= 15 is 0 Å². The normalized spacial score (nSPS) is 13.2. The topological polar surface area (TPSA) is 3.24 Å². The van der Waals surface area contributed by atoms with E-state index in [-0.39, 0.29) is 5.41 Å². The third kappa shape index (κ3) is 4.27. The van der Waals surface area contributed by atoms with Crippen LogP contribution in [-0.4, -0.2) is 0 Å². The molecule has 9 aromatic rings. The molecule has 0 aliphatic heterocycles. The Morgan fingerprint density at radius 2 is 0.960 bits per heavy atom. The van der Waals surface area contributed by atoms with Crippen molar-refractivity contribution in [2.45, 2.75) is 19.3 Å². The number of rotatable bonds is 4. The number of anilines is 3. The van der Waals surface area contributed by atoms with Gasteiger partial charge in [0.1, 0.15) is 0 Å². The van der Waals surface area contributed by atoms with Gasteiger partial charge in [0.25, 0.3) is 0 Å². The van der Waals surface area contributed by atoms with Gasteiger partial charge in [0, 0.05) is 22.2 Å². The molecule has 1 heteroatoms. The number of benzene rings is 9. The molecular weight excluding hydrogens is 603 g/mol. The van der Waals surface area contributed by atoms with Crippen molar-refractivity contribution in [1.29, 1.82) is 0 Å². The molecule has 236 valence electrons. The summed E-state index contributed by atoms with van der Waals surface area (Å²) in [6, 6.07) is 65.0. The van der Waals surface area contributed by atoms with Gasteiger partial charge in [-0.25, -0.2) is 0 Å². The molecule has 0 aromatic heterocycles. The first-order chi connectivity index (χ1) is 24.6. The molecule has 0 bridgehead atoms. The van der Waals surface area contributed by atoms with Gasteiger partial charge in [0.2, 0.25) is 0 Å². The summed E-state index contributed by atoms with van der Waals surface area (Å²) in [5.74, 6) is 0. The van der Waals surface area contributed by atoms with E-state index in [9.17, 15) is 0 Å². The van der Waals surface area contributed by atoms with Crippen LogP contribution in [0.3, 0.4) is 0 Å². The number of fused-ring (bicyclic) bond motifs is 9. The molecule has 10 rings (SSSR count). The van der Waals surface area contributed by atoms with Crippen molar-refractivity contribution >= 4 is 60.2 Å². The lowest BCUT2D eigenvalue weighted by molar-refractivity contribution is 0.660. The van der Waals surface area contributed by atoms with Gasteiger partial charge in [-0.2, -0.15) is 0 Å². The van der Waals surface area contributed by atoms with Gasteiger partial charge in [-0.05, 0) is 101 Å². The Morgan fingerprint density at radius 3 is 1.78 bits per heavy atom. The highest BCUT2D eigenvalue weighted by atomic mass is 15.1. The quantitative estimate of drug-likeness (QED) is 0.174. The van der Waals surface area contributed by atoms with E-state index in [4.69, 9.17) is 0 Å². The van der Waals surface area contributed by atoms with Crippen molar-refractivity contribution in [1.82, 2.24) is 0 Å². The summed E-state index contributed by atoms with van der Waals surface area (Å²) in [5, 5.41) is 10.1. The van der Waals surface area contributed by atoms with E-state index in [1.54, 1.807) is 0 Å². The first-order valence-electron chi connectivity index (χ1n) is 17.5. The largest absolute Gasteiger partial charge is 0.310 e. The van der Waals surface area contributed by atoms with Crippen LogP contribution in [0, 0.1) is 0 Å². The van der Waals surface area contributed by atoms with E-state index in [0.717, 1.165) is 11.4 Å². The maximum atomic E-state index is 2.48. The summed E-state index contributed by atoms with van der Waals surface area (Å²) < 4.78 is 0. The molecule has 1 aliphatic carbocycles. The molecule has 0 saturated heterocycles. The molecule has 1 aliphatic rings. The summed E-state index contributed by atoms with van der Waals surface area (Å²) in [5.41, 5.74) is 11.3. The van der Waals surface area contributed by atoms with Crippen LogP contribution in [0.4, 0.5) is 17.1 Å². The van der Waals surface area contributed by atoms with Crippen LogP contribution in [0.25, 0.3) is 65.3 Å². The average molecular weight is 638 g/mol. The number of nitrogens with zero attached hydrogens (tertiary/aromatic N) is 1. The summed E-state index contributed by atoms with van der Waals surface area (Å²) in [6.45, 7) is 4.72. The smallest absolute Gasteiger partial charge is 0.0546 e. The predicted octanol–water partition coefficient (Wildman–Crippen LogP) is 13.7. The Kier molecular flexibility index (Phi) is 6.29. The minimum Gasteiger partial charge on any atom is -0.310 e. The van der Waals surface area contributed by atoms with Gasteiger partial charge < -0.3 is 4.90 Å². The van der Waals surface area contributed by atoms with E-state index in [1.807, 2.05) is 0 Å². The molecule has 0 unspecified atom stereocenters. The third-order valence-corrected chi connectivity index (χ3v) is 11.0. The Balaban J connectivity index is 1.22. The second-order valence-corrected chi connectivity index (χ2v) is 14.1. The van der Waals surface area contributed by atoms with E-state index in [0.29, 0.717) is 0 Å². The lowest BCUT2D eigenvalue weighted by Crippen LogP contribution is -2.16. The minimum atomic E-state index is -0.101. The Hall–Kier alpha value is -6.18. The fourth-order valence-corrected chi connectivity index (χ4v) is 8.57. The average Bonchev–Trinajstić information content (AvgIpc) is 3.40. The zero-order chi connectivity index (χ0) is 33.4. The van der Waals surface area contributed by atoms with Crippen LogP contribution < -0.4 is 4.90 Å². The SMILES string of the molecule is CC1(C)c2ccccc2-c2ccc(N(c3ccc(-c4cccc5ccccc45)cc3)c3cc4ccc5ccccc5c4c4ccccc34)cc21. The fourth-order valence-electron chi connectivity index (χ4n) is 8.57. The van der Waals surface area contributed by atoms with E-state index < -0.39 is 0 Å². The zero-order valence-electron chi connectivity index (χ0n) is 28.2. The second kappa shape index (κ2) is 10.9. The molecule has 0 spiro atoms. The minimum absolute atomic E-state index is 0.101. The highest BCUT2D eigenvalue weighted by Crippen LogP contribution is 2.51. The molecule has 1 nitrogen and oxygen atoms in total. The lowest BCUT2D eigenvalue weighted by Gasteiger charge is -2.30. The van der Waals surface area contributed by atoms with Crippen LogP contribution in [0.15, 0.2) is 176 Å². The predicted molar refractivity (Wildman–Crippen MR) is 214 cm³/mol. The standard InChI is InChI=1S/C49H35N/c1-49(2)45-21-10-9-17-41(45)42-29-28-37(31-46(42)49)50(36-26-24-34(25-27-36)39-20-11-14-32-12-3-5-15-38(32)39)47-30-35-23-22-33-13-4-6-16-40(33)48(35)44-19-8-7-18-43(44)47/h3-31H,1-2H3.